The molecule has 0 bridgehead atoms. The highest BCUT2D eigenvalue weighted by Gasteiger charge is 2.31. The quantitative estimate of drug-likeness (QED) is 0.850. The minimum Gasteiger partial charge on any atom is -0.456 e. The third-order valence-corrected chi connectivity index (χ3v) is 4.27. The molecule has 1 N–H and O–H groups in total. The number of carbonyl (C=O) groups excluding carboxylic acids is 2. The zero-order valence-electron chi connectivity index (χ0n) is 12.7. The van der Waals surface area contributed by atoms with Crippen LogP contribution in [-0.2, 0) is 14.3 Å². The maximum atomic E-state index is 12.3. The fraction of sp³-hybridized carbons (Fsp3) is 0.529. The first kappa shape index (κ1) is 15.0. The number of rotatable bonds is 5. The largest absolute Gasteiger partial charge is 0.456 e. The zero-order chi connectivity index (χ0) is 15.5. The van der Waals surface area contributed by atoms with Crippen LogP contribution in [-0.4, -0.2) is 31.2 Å². The summed E-state index contributed by atoms with van der Waals surface area (Å²) < 4.78 is 10.9. The van der Waals surface area contributed by atoms with Gasteiger partial charge in [-0.2, -0.15) is 0 Å². The molecule has 22 heavy (non-hydrogen) atoms. The normalized spacial score (nSPS) is 24.0. The maximum Gasteiger partial charge on any atom is 0.338 e. The van der Waals surface area contributed by atoms with Gasteiger partial charge in [0, 0.05) is 18.7 Å². The number of hydrogen-bond acceptors (Lipinski definition) is 4. The van der Waals surface area contributed by atoms with E-state index >= 15 is 0 Å². The van der Waals surface area contributed by atoms with Gasteiger partial charge in [0.2, 0.25) is 5.91 Å². The van der Waals surface area contributed by atoms with E-state index in [0.29, 0.717) is 11.3 Å². The van der Waals surface area contributed by atoms with Gasteiger partial charge in [0.25, 0.3) is 0 Å². The standard InChI is InChI=1S/C17H21NO4/c1-21-14-6-3-7-15(14)22-17(20)12-4-2-5-13(10-12)18-16(19)11-8-9-11/h2,4-5,10-11,14-15H,3,6-9H2,1H3,(H,18,19)/t14-,15+/m0/s1. The molecule has 0 heterocycles. The number of anilines is 1. The van der Waals surface area contributed by atoms with Crippen LogP contribution in [0.4, 0.5) is 5.69 Å². The number of amides is 1. The molecule has 0 aromatic heterocycles. The van der Waals surface area contributed by atoms with Gasteiger partial charge in [-0.15, -0.1) is 0 Å². The van der Waals surface area contributed by atoms with E-state index < -0.39 is 0 Å². The van der Waals surface area contributed by atoms with Crippen molar-refractivity contribution in [2.75, 3.05) is 12.4 Å². The highest BCUT2D eigenvalue weighted by Crippen LogP contribution is 2.30. The Morgan fingerprint density at radius 2 is 1.91 bits per heavy atom. The second-order valence-corrected chi connectivity index (χ2v) is 5.99. The number of hydrogen-bond donors (Lipinski definition) is 1. The Balaban J connectivity index is 1.63. The minimum atomic E-state index is -0.364. The average molecular weight is 303 g/mol. The van der Waals surface area contributed by atoms with E-state index in [1.54, 1.807) is 31.4 Å². The van der Waals surface area contributed by atoms with Crippen molar-refractivity contribution in [2.24, 2.45) is 5.92 Å². The van der Waals surface area contributed by atoms with E-state index in [2.05, 4.69) is 5.32 Å². The SMILES string of the molecule is CO[C@H]1CCC[C@H]1OC(=O)c1cccc(NC(=O)C2CC2)c1. The van der Waals surface area contributed by atoms with Crippen LogP contribution in [0.1, 0.15) is 42.5 Å². The predicted molar refractivity (Wildman–Crippen MR) is 81.6 cm³/mol. The Hall–Kier alpha value is -1.88. The van der Waals surface area contributed by atoms with Crippen LogP contribution in [0.2, 0.25) is 0 Å². The molecule has 2 aliphatic carbocycles. The van der Waals surface area contributed by atoms with Gasteiger partial charge in [-0.3, -0.25) is 4.79 Å². The summed E-state index contributed by atoms with van der Waals surface area (Å²) >= 11 is 0. The maximum absolute atomic E-state index is 12.3. The van der Waals surface area contributed by atoms with Gasteiger partial charge in [-0.1, -0.05) is 6.07 Å². The Labute approximate surface area is 130 Å². The van der Waals surface area contributed by atoms with Crippen LogP contribution in [0, 0.1) is 5.92 Å². The van der Waals surface area contributed by atoms with Crippen molar-refractivity contribution in [3.8, 4) is 0 Å². The molecular formula is C17H21NO4. The first-order valence-corrected chi connectivity index (χ1v) is 7.82. The summed E-state index contributed by atoms with van der Waals surface area (Å²) in [5.41, 5.74) is 1.09. The molecule has 1 aromatic carbocycles. The van der Waals surface area contributed by atoms with Crippen LogP contribution in [0.25, 0.3) is 0 Å². The first-order valence-electron chi connectivity index (χ1n) is 7.82. The molecule has 2 atom stereocenters. The lowest BCUT2D eigenvalue weighted by Crippen LogP contribution is -2.27. The van der Waals surface area contributed by atoms with Gasteiger partial charge in [-0.25, -0.2) is 4.79 Å². The molecule has 0 saturated heterocycles. The number of nitrogens with one attached hydrogen (secondary N) is 1. The number of benzene rings is 1. The molecule has 1 aromatic rings. The highest BCUT2D eigenvalue weighted by molar-refractivity contribution is 5.96. The van der Waals surface area contributed by atoms with E-state index in [9.17, 15) is 9.59 Å². The third kappa shape index (κ3) is 3.47. The van der Waals surface area contributed by atoms with E-state index in [0.717, 1.165) is 32.1 Å². The van der Waals surface area contributed by atoms with Gasteiger partial charge in [0.15, 0.2) is 0 Å². The number of carbonyl (C=O) groups is 2. The van der Waals surface area contributed by atoms with Crippen LogP contribution in [0.3, 0.4) is 0 Å². The summed E-state index contributed by atoms with van der Waals surface area (Å²) in [5.74, 6) is -0.200. The van der Waals surface area contributed by atoms with Crippen LogP contribution >= 0.6 is 0 Å². The lowest BCUT2D eigenvalue weighted by molar-refractivity contribution is -0.117. The van der Waals surface area contributed by atoms with E-state index in [-0.39, 0.29) is 30.0 Å². The molecule has 0 spiro atoms. The second kappa shape index (κ2) is 6.48. The van der Waals surface area contributed by atoms with E-state index in [4.69, 9.17) is 9.47 Å². The smallest absolute Gasteiger partial charge is 0.338 e. The summed E-state index contributed by atoms with van der Waals surface area (Å²) in [5, 5.41) is 2.84. The second-order valence-electron chi connectivity index (χ2n) is 5.99. The van der Waals surface area contributed by atoms with Crippen molar-refractivity contribution in [1.82, 2.24) is 0 Å². The van der Waals surface area contributed by atoms with E-state index in [1.807, 2.05) is 0 Å². The van der Waals surface area contributed by atoms with Gasteiger partial charge in [0.05, 0.1) is 11.7 Å². The minimum absolute atomic E-state index is 0.0123. The summed E-state index contributed by atoms with van der Waals surface area (Å²) in [4.78, 5) is 24.0. The Morgan fingerprint density at radius 1 is 1.14 bits per heavy atom. The fourth-order valence-electron chi connectivity index (χ4n) is 2.82. The number of esters is 1. The van der Waals surface area contributed by atoms with Crippen molar-refractivity contribution >= 4 is 17.6 Å². The number of methoxy groups -OCH3 is 1. The molecule has 2 fully saturated rings. The highest BCUT2D eigenvalue weighted by atomic mass is 16.6. The first-order chi connectivity index (χ1) is 10.7. The molecule has 2 saturated carbocycles. The van der Waals surface area contributed by atoms with Crippen molar-refractivity contribution in [3.05, 3.63) is 29.8 Å². The lowest BCUT2D eigenvalue weighted by atomic mass is 10.2. The summed E-state index contributed by atoms with van der Waals surface area (Å²) in [6.07, 6.45) is 4.48. The summed E-state index contributed by atoms with van der Waals surface area (Å²) in [6, 6.07) is 6.90. The van der Waals surface area contributed by atoms with Crippen LogP contribution in [0.5, 0.6) is 0 Å². The lowest BCUT2D eigenvalue weighted by Gasteiger charge is -2.18. The van der Waals surface area contributed by atoms with Crippen molar-refractivity contribution < 1.29 is 19.1 Å². The Kier molecular flexibility index (Phi) is 4.43. The van der Waals surface area contributed by atoms with Gasteiger partial charge < -0.3 is 14.8 Å². The molecule has 0 unspecified atom stereocenters. The molecule has 0 aliphatic heterocycles. The third-order valence-electron chi connectivity index (χ3n) is 4.27. The summed E-state index contributed by atoms with van der Waals surface area (Å²) in [6.45, 7) is 0. The van der Waals surface area contributed by atoms with Crippen LogP contribution in [0.15, 0.2) is 24.3 Å². The molecule has 3 rings (SSSR count). The van der Waals surface area contributed by atoms with Crippen LogP contribution < -0.4 is 5.32 Å². The van der Waals surface area contributed by atoms with Gasteiger partial charge in [-0.05, 0) is 50.3 Å². The monoisotopic (exact) mass is 303 g/mol. The summed E-state index contributed by atoms with van der Waals surface area (Å²) in [7, 11) is 1.64. The van der Waals surface area contributed by atoms with E-state index in [1.165, 1.54) is 0 Å². The molecule has 1 amide bonds. The van der Waals surface area contributed by atoms with Crippen molar-refractivity contribution in [3.63, 3.8) is 0 Å². The van der Waals surface area contributed by atoms with Crippen molar-refractivity contribution in [1.29, 1.82) is 0 Å². The topological polar surface area (TPSA) is 64.6 Å². The zero-order valence-corrected chi connectivity index (χ0v) is 12.7. The molecule has 118 valence electrons. The van der Waals surface area contributed by atoms with Crippen molar-refractivity contribution in [2.45, 2.75) is 44.3 Å². The molecule has 2 aliphatic rings. The van der Waals surface area contributed by atoms with Gasteiger partial charge in [0.1, 0.15) is 6.10 Å². The fourth-order valence-corrected chi connectivity index (χ4v) is 2.82. The van der Waals surface area contributed by atoms with Gasteiger partial charge >= 0.3 is 5.97 Å². The average Bonchev–Trinajstić information content (AvgIpc) is 3.28. The molecule has 0 radical (unpaired) electrons. The Morgan fingerprint density at radius 3 is 2.64 bits per heavy atom. The molecule has 5 nitrogen and oxygen atoms in total. The molecular weight excluding hydrogens is 282 g/mol. The predicted octanol–water partition coefficient (Wildman–Crippen LogP) is 2.76. The molecule has 5 heteroatoms. The number of ether oxygens (including phenoxy) is 2. The Bertz CT molecular complexity index is 568.